The van der Waals surface area contributed by atoms with E-state index in [1.165, 1.54) is 12.1 Å². The van der Waals surface area contributed by atoms with Gasteiger partial charge in [0.25, 0.3) is 5.89 Å². The Balaban J connectivity index is 1.73. The van der Waals surface area contributed by atoms with Crippen LogP contribution in [0.4, 0.5) is 15.8 Å². The van der Waals surface area contributed by atoms with Gasteiger partial charge in [0, 0.05) is 12.6 Å². The standard InChI is InChI=1S/C17H14FN3O3/c1-11-20-21-16(24-11)10-23-17(22)14-4-2-3-5-15(14)19-13-8-6-12(18)7-9-13/h2-9,19H,10H2,1H3. The zero-order chi connectivity index (χ0) is 16.9. The molecule has 1 N–H and O–H groups in total. The highest BCUT2D eigenvalue weighted by Crippen LogP contribution is 2.22. The molecule has 0 aliphatic carbocycles. The Kier molecular flexibility index (Phi) is 4.51. The highest BCUT2D eigenvalue weighted by molar-refractivity contribution is 5.96. The van der Waals surface area contributed by atoms with Gasteiger partial charge in [0.05, 0.1) is 11.3 Å². The van der Waals surface area contributed by atoms with Crippen molar-refractivity contribution in [2.75, 3.05) is 5.32 Å². The monoisotopic (exact) mass is 327 g/mol. The maximum Gasteiger partial charge on any atom is 0.340 e. The molecule has 0 aliphatic heterocycles. The number of carbonyl (C=O) groups excluding carboxylic acids is 1. The van der Waals surface area contributed by atoms with Crippen LogP contribution in [0.3, 0.4) is 0 Å². The van der Waals surface area contributed by atoms with Crippen molar-refractivity contribution in [2.24, 2.45) is 0 Å². The Hall–Kier alpha value is -3.22. The quantitative estimate of drug-likeness (QED) is 0.721. The van der Waals surface area contributed by atoms with Crippen LogP contribution in [-0.2, 0) is 11.3 Å². The molecule has 3 aromatic rings. The minimum Gasteiger partial charge on any atom is -0.452 e. The number of hydrogen-bond acceptors (Lipinski definition) is 6. The van der Waals surface area contributed by atoms with Gasteiger partial charge in [-0.1, -0.05) is 12.1 Å². The van der Waals surface area contributed by atoms with Gasteiger partial charge in [-0.3, -0.25) is 0 Å². The summed E-state index contributed by atoms with van der Waals surface area (Å²) in [5, 5.41) is 10.5. The Morgan fingerprint density at radius 3 is 2.62 bits per heavy atom. The van der Waals surface area contributed by atoms with Crippen molar-refractivity contribution in [3.05, 3.63) is 71.7 Å². The fourth-order valence-electron chi connectivity index (χ4n) is 2.06. The number of aromatic nitrogens is 2. The third kappa shape index (κ3) is 3.75. The van der Waals surface area contributed by atoms with Gasteiger partial charge < -0.3 is 14.5 Å². The average Bonchev–Trinajstić information content (AvgIpc) is 3.01. The van der Waals surface area contributed by atoms with Gasteiger partial charge in [-0.25, -0.2) is 9.18 Å². The van der Waals surface area contributed by atoms with Crippen LogP contribution in [0.25, 0.3) is 0 Å². The molecule has 0 unspecified atom stereocenters. The van der Waals surface area contributed by atoms with E-state index >= 15 is 0 Å². The van der Waals surface area contributed by atoms with Gasteiger partial charge in [0.15, 0.2) is 6.61 Å². The van der Waals surface area contributed by atoms with E-state index in [1.54, 1.807) is 43.3 Å². The minimum absolute atomic E-state index is 0.107. The molecule has 3 rings (SSSR count). The molecule has 0 saturated carbocycles. The van der Waals surface area contributed by atoms with Crippen molar-refractivity contribution in [1.82, 2.24) is 10.2 Å². The molecule has 24 heavy (non-hydrogen) atoms. The first-order chi connectivity index (χ1) is 11.6. The molecule has 2 aromatic carbocycles. The zero-order valence-electron chi connectivity index (χ0n) is 12.8. The first kappa shape index (κ1) is 15.7. The number of hydrogen-bond donors (Lipinski definition) is 1. The van der Waals surface area contributed by atoms with Gasteiger partial charge in [-0.2, -0.15) is 0 Å². The van der Waals surface area contributed by atoms with E-state index < -0.39 is 5.97 Å². The van der Waals surface area contributed by atoms with Crippen LogP contribution in [0.2, 0.25) is 0 Å². The lowest BCUT2D eigenvalue weighted by Crippen LogP contribution is -2.08. The number of halogens is 1. The summed E-state index contributed by atoms with van der Waals surface area (Å²) in [6.45, 7) is 1.55. The van der Waals surface area contributed by atoms with Gasteiger partial charge >= 0.3 is 5.97 Å². The van der Waals surface area contributed by atoms with E-state index in [0.29, 0.717) is 22.8 Å². The highest BCUT2D eigenvalue weighted by Gasteiger charge is 2.14. The van der Waals surface area contributed by atoms with Crippen LogP contribution in [0.5, 0.6) is 0 Å². The number of esters is 1. The summed E-state index contributed by atoms with van der Waals surface area (Å²) >= 11 is 0. The van der Waals surface area contributed by atoms with Crippen molar-refractivity contribution >= 4 is 17.3 Å². The first-order valence-corrected chi connectivity index (χ1v) is 7.19. The van der Waals surface area contributed by atoms with E-state index in [4.69, 9.17) is 9.15 Å². The lowest BCUT2D eigenvalue weighted by Gasteiger charge is -2.11. The predicted octanol–water partition coefficient (Wildman–Crippen LogP) is 3.62. The first-order valence-electron chi connectivity index (χ1n) is 7.19. The predicted molar refractivity (Wildman–Crippen MR) is 84.3 cm³/mol. The van der Waals surface area contributed by atoms with E-state index in [9.17, 15) is 9.18 Å². The number of nitrogens with zero attached hydrogens (tertiary/aromatic N) is 2. The van der Waals surface area contributed by atoms with Crippen LogP contribution in [0.15, 0.2) is 52.9 Å². The maximum atomic E-state index is 13.0. The smallest absolute Gasteiger partial charge is 0.340 e. The number of benzene rings is 2. The number of carbonyl (C=O) groups is 1. The number of anilines is 2. The van der Waals surface area contributed by atoms with Gasteiger partial charge in [-0.15, -0.1) is 10.2 Å². The molecular weight excluding hydrogens is 313 g/mol. The molecule has 0 radical (unpaired) electrons. The van der Waals surface area contributed by atoms with Crippen LogP contribution < -0.4 is 5.32 Å². The summed E-state index contributed by atoms with van der Waals surface area (Å²) in [6, 6.07) is 12.7. The molecule has 0 atom stereocenters. The number of ether oxygens (including phenoxy) is 1. The van der Waals surface area contributed by atoms with Gasteiger partial charge in [0.1, 0.15) is 5.82 Å². The number of aryl methyl sites for hydroxylation is 1. The third-order valence-corrected chi connectivity index (χ3v) is 3.16. The highest BCUT2D eigenvalue weighted by atomic mass is 19.1. The molecule has 0 aliphatic rings. The molecule has 0 amide bonds. The molecule has 1 heterocycles. The van der Waals surface area contributed by atoms with Crippen LogP contribution >= 0.6 is 0 Å². The second-order valence-electron chi connectivity index (χ2n) is 4.97. The molecule has 6 nitrogen and oxygen atoms in total. The summed E-state index contributed by atoms with van der Waals surface area (Å²) < 4.78 is 23.3. The van der Waals surface area contributed by atoms with E-state index in [1.807, 2.05) is 0 Å². The van der Waals surface area contributed by atoms with E-state index in [2.05, 4.69) is 15.5 Å². The molecule has 0 spiro atoms. The molecule has 7 heteroatoms. The largest absolute Gasteiger partial charge is 0.452 e. The SMILES string of the molecule is Cc1nnc(COC(=O)c2ccccc2Nc2ccc(F)cc2)o1. The topological polar surface area (TPSA) is 77.2 Å². The Morgan fingerprint density at radius 2 is 1.92 bits per heavy atom. The second-order valence-corrected chi connectivity index (χ2v) is 4.97. The van der Waals surface area contributed by atoms with Crippen molar-refractivity contribution in [2.45, 2.75) is 13.5 Å². The Bertz CT molecular complexity index is 846. The van der Waals surface area contributed by atoms with Gasteiger partial charge in [0.2, 0.25) is 5.89 Å². The molecule has 122 valence electrons. The minimum atomic E-state index is -0.531. The zero-order valence-corrected chi connectivity index (χ0v) is 12.8. The number of rotatable bonds is 5. The van der Waals surface area contributed by atoms with E-state index in [-0.39, 0.29) is 18.3 Å². The molecule has 0 saturated heterocycles. The molecule has 1 aromatic heterocycles. The van der Waals surface area contributed by atoms with Gasteiger partial charge in [-0.05, 0) is 36.4 Å². The molecule has 0 fully saturated rings. The fraction of sp³-hybridized carbons (Fsp3) is 0.118. The lowest BCUT2D eigenvalue weighted by atomic mass is 10.1. The number of nitrogens with one attached hydrogen (secondary N) is 1. The van der Waals surface area contributed by atoms with Crippen molar-refractivity contribution in [1.29, 1.82) is 0 Å². The second kappa shape index (κ2) is 6.91. The summed E-state index contributed by atoms with van der Waals surface area (Å²) in [5.74, 6) is -0.233. The van der Waals surface area contributed by atoms with Crippen molar-refractivity contribution < 1.29 is 18.3 Å². The maximum absolute atomic E-state index is 13.0. The summed E-state index contributed by atoms with van der Waals surface area (Å²) in [4.78, 5) is 12.3. The van der Waals surface area contributed by atoms with Crippen LogP contribution in [0, 0.1) is 12.7 Å². The van der Waals surface area contributed by atoms with Crippen molar-refractivity contribution in [3.8, 4) is 0 Å². The average molecular weight is 327 g/mol. The van der Waals surface area contributed by atoms with Crippen LogP contribution in [-0.4, -0.2) is 16.2 Å². The van der Waals surface area contributed by atoms with Crippen molar-refractivity contribution in [3.63, 3.8) is 0 Å². The van der Waals surface area contributed by atoms with Crippen LogP contribution in [0.1, 0.15) is 22.1 Å². The van der Waals surface area contributed by atoms with E-state index in [0.717, 1.165) is 0 Å². The fourth-order valence-corrected chi connectivity index (χ4v) is 2.06. The normalized spacial score (nSPS) is 10.4. The summed E-state index contributed by atoms with van der Waals surface area (Å²) in [5.41, 5.74) is 1.55. The lowest BCUT2D eigenvalue weighted by molar-refractivity contribution is 0.0438. The third-order valence-electron chi connectivity index (χ3n) is 3.16. The summed E-state index contributed by atoms with van der Waals surface area (Å²) in [6.07, 6.45) is 0. The summed E-state index contributed by atoms with van der Waals surface area (Å²) in [7, 11) is 0. The Morgan fingerprint density at radius 1 is 1.17 bits per heavy atom. The molecular formula is C17H14FN3O3. The Labute approximate surface area is 137 Å². The molecule has 0 bridgehead atoms. The number of para-hydroxylation sites is 1.